The normalized spacial score (nSPS) is 10.3. The van der Waals surface area contributed by atoms with E-state index in [0.29, 0.717) is 26.8 Å². The number of hydrogen-bond donors (Lipinski definition) is 2. The summed E-state index contributed by atoms with van der Waals surface area (Å²) < 4.78 is 10.0. The Labute approximate surface area is 175 Å². The predicted molar refractivity (Wildman–Crippen MR) is 114 cm³/mol. The van der Waals surface area contributed by atoms with Gasteiger partial charge in [-0.1, -0.05) is 12.1 Å². The Balaban J connectivity index is 1.92. The molecular weight excluding hydrogens is 412 g/mol. The summed E-state index contributed by atoms with van der Waals surface area (Å²) in [6.07, 6.45) is 0. The monoisotopic (exact) mass is 430 g/mol. The molecular formula is C20H18N2O5S2. The fourth-order valence-corrected chi connectivity index (χ4v) is 4.33. The summed E-state index contributed by atoms with van der Waals surface area (Å²) in [7, 11) is 2.79. The maximum atomic E-state index is 12.8. The number of anilines is 2. The van der Waals surface area contributed by atoms with E-state index in [1.807, 2.05) is 0 Å². The fourth-order valence-electron chi connectivity index (χ4n) is 2.63. The molecule has 150 valence electrons. The molecule has 0 aliphatic heterocycles. The van der Waals surface area contributed by atoms with E-state index in [1.54, 1.807) is 48.7 Å². The summed E-state index contributed by atoms with van der Waals surface area (Å²) in [4.78, 5) is 38.3. The summed E-state index contributed by atoms with van der Waals surface area (Å²) >= 11 is 2.30. The number of amides is 2. The summed E-state index contributed by atoms with van der Waals surface area (Å²) in [5.74, 6) is -0.779. The number of carbonyl (C=O) groups excluding carboxylic acids is 3. The summed E-state index contributed by atoms with van der Waals surface area (Å²) in [6, 6.07) is 10.4. The average molecular weight is 431 g/mol. The van der Waals surface area contributed by atoms with Crippen LogP contribution in [0.5, 0.6) is 5.75 Å². The van der Waals surface area contributed by atoms with Crippen molar-refractivity contribution in [1.29, 1.82) is 0 Å². The number of ether oxygens (including phenoxy) is 2. The van der Waals surface area contributed by atoms with Gasteiger partial charge in [0.15, 0.2) is 0 Å². The molecule has 7 nitrogen and oxygen atoms in total. The lowest BCUT2D eigenvalue weighted by Crippen LogP contribution is -2.13. The van der Waals surface area contributed by atoms with E-state index in [-0.39, 0.29) is 16.5 Å². The molecule has 0 saturated carbocycles. The van der Waals surface area contributed by atoms with Crippen LogP contribution in [0.1, 0.15) is 35.3 Å². The van der Waals surface area contributed by atoms with Gasteiger partial charge < -0.3 is 20.1 Å². The van der Waals surface area contributed by atoms with Gasteiger partial charge in [0.25, 0.3) is 11.8 Å². The quantitative estimate of drug-likeness (QED) is 0.565. The van der Waals surface area contributed by atoms with Crippen LogP contribution in [0.15, 0.2) is 41.8 Å². The van der Waals surface area contributed by atoms with Crippen molar-refractivity contribution in [2.45, 2.75) is 6.92 Å². The summed E-state index contributed by atoms with van der Waals surface area (Å²) in [5.41, 5.74) is 1.15. The van der Waals surface area contributed by atoms with E-state index in [9.17, 15) is 14.4 Å². The summed E-state index contributed by atoms with van der Waals surface area (Å²) in [5, 5.41) is 7.54. The number of benzene rings is 1. The molecule has 2 N–H and O–H groups in total. The van der Waals surface area contributed by atoms with Gasteiger partial charge in [0.1, 0.15) is 10.8 Å². The maximum Gasteiger partial charge on any atom is 0.341 e. The highest BCUT2D eigenvalue weighted by Gasteiger charge is 2.26. The average Bonchev–Trinajstić information content (AvgIpc) is 3.36. The Kier molecular flexibility index (Phi) is 6.30. The Morgan fingerprint density at radius 1 is 1.00 bits per heavy atom. The molecule has 0 spiro atoms. The molecule has 0 aliphatic rings. The molecule has 3 rings (SSSR count). The Morgan fingerprint density at radius 3 is 2.45 bits per heavy atom. The van der Waals surface area contributed by atoms with Crippen LogP contribution in [0.25, 0.3) is 0 Å². The highest BCUT2D eigenvalue weighted by Crippen LogP contribution is 2.35. The minimum absolute atomic E-state index is 0.165. The van der Waals surface area contributed by atoms with Crippen molar-refractivity contribution < 1.29 is 23.9 Å². The van der Waals surface area contributed by atoms with Crippen LogP contribution < -0.4 is 15.4 Å². The van der Waals surface area contributed by atoms with E-state index in [1.165, 1.54) is 25.6 Å². The van der Waals surface area contributed by atoms with Crippen LogP contribution in [0.2, 0.25) is 0 Å². The Morgan fingerprint density at radius 2 is 1.79 bits per heavy atom. The van der Waals surface area contributed by atoms with Crippen LogP contribution in [0, 0.1) is 6.92 Å². The lowest BCUT2D eigenvalue weighted by atomic mass is 10.1. The third-order valence-electron chi connectivity index (χ3n) is 4.04. The molecule has 1 aromatic carbocycles. The lowest BCUT2D eigenvalue weighted by molar-refractivity contribution is 0.0601. The van der Waals surface area contributed by atoms with Crippen LogP contribution in [-0.2, 0) is 4.74 Å². The molecule has 2 aromatic heterocycles. The fraction of sp³-hybridized carbons (Fsp3) is 0.150. The number of thiophene rings is 2. The van der Waals surface area contributed by atoms with Gasteiger partial charge in [-0.25, -0.2) is 4.79 Å². The van der Waals surface area contributed by atoms with Crippen LogP contribution >= 0.6 is 22.7 Å². The van der Waals surface area contributed by atoms with Crippen molar-refractivity contribution in [3.8, 4) is 5.75 Å². The second-order valence-electron chi connectivity index (χ2n) is 5.87. The van der Waals surface area contributed by atoms with Crippen molar-refractivity contribution in [2.75, 3.05) is 24.9 Å². The SMILES string of the molecule is COC(=O)c1c(NC(=O)c2cccs2)sc(C(=O)Nc2cccc(OC)c2)c1C. The zero-order valence-corrected chi connectivity index (χ0v) is 17.5. The zero-order valence-electron chi connectivity index (χ0n) is 15.9. The lowest BCUT2D eigenvalue weighted by Gasteiger charge is -2.06. The van der Waals surface area contributed by atoms with E-state index in [4.69, 9.17) is 9.47 Å². The van der Waals surface area contributed by atoms with Crippen LogP contribution in [0.3, 0.4) is 0 Å². The highest BCUT2D eigenvalue weighted by atomic mass is 32.1. The smallest absolute Gasteiger partial charge is 0.341 e. The Hall–Kier alpha value is -3.17. The molecule has 0 atom stereocenters. The number of methoxy groups -OCH3 is 2. The van der Waals surface area contributed by atoms with Gasteiger partial charge in [0, 0.05) is 11.8 Å². The molecule has 29 heavy (non-hydrogen) atoms. The second-order valence-corrected chi connectivity index (χ2v) is 7.84. The van der Waals surface area contributed by atoms with Gasteiger partial charge in [0.2, 0.25) is 0 Å². The maximum absolute atomic E-state index is 12.8. The largest absolute Gasteiger partial charge is 0.497 e. The van der Waals surface area contributed by atoms with Crippen molar-refractivity contribution in [3.05, 3.63) is 62.7 Å². The van der Waals surface area contributed by atoms with Gasteiger partial charge in [-0.15, -0.1) is 22.7 Å². The van der Waals surface area contributed by atoms with Crippen LogP contribution in [-0.4, -0.2) is 32.0 Å². The first kappa shape index (κ1) is 20.6. The first-order valence-electron chi connectivity index (χ1n) is 8.46. The minimum Gasteiger partial charge on any atom is -0.497 e. The summed E-state index contributed by atoms with van der Waals surface area (Å²) in [6.45, 7) is 1.64. The zero-order chi connectivity index (χ0) is 21.0. The molecule has 0 radical (unpaired) electrons. The van der Waals surface area contributed by atoms with Gasteiger partial charge in [-0.3, -0.25) is 9.59 Å². The third-order valence-corrected chi connectivity index (χ3v) is 6.12. The number of rotatable bonds is 6. The van der Waals surface area contributed by atoms with Gasteiger partial charge in [-0.05, 0) is 36.1 Å². The molecule has 2 amide bonds. The number of nitrogens with one attached hydrogen (secondary N) is 2. The molecule has 0 fully saturated rings. The Bertz CT molecular complexity index is 1060. The molecule has 0 saturated heterocycles. The standard InChI is InChI=1S/C20H18N2O5S2/c1-11-15(20(25)27-3)19(22-17(23)14-8-5-9-28-14)29-16(11)18(24)21-12-6-4-7-13(10-12)26-2/h4-10H,1-3H3,(H,21,24)(H,22,23). The van der Waals surface area contributed by atoms with E-state index in [0.717, 1.165) is 11.3 Å². The molecule has 9 heteroatoms. The molecule has 3 aromatic rings. The van der Waals surface area contributed by atoms with Gasteiger partial charge in [0.05, 0.1) is 29.5 Å². The number of esters is 1. The van der Waals surface area contributed by atoms with Gasteiger partial charge in [-0.2, -0.15) is 0 Å². The topological polar surface area (TPSA) is 93.7 Å². The van der Waals surface area contributed by atoms with Gasteiger partial charge >= 0.3 is 5.97 Å². The number of carbonyl (C=O) groups is 3. The minimum atomic E-state index is -0.624. The molecule has 2 heterocycles. The molecule has 0 unspecified atom stereocenters. The van der Waals surface area contributed by atoms with Crippen molar-refractivity contribution in [2.24, 2.45) is 0 Å². The molecule has 0 aliphatic carbocycles. The van der Waals surface area contributed by atoms with Crippen molar-refractivity contribution >= 4 is 51.1 Å². The molecule has 0 bridgehead atoms. The van der Waals surface area contributed by atoms with E-state index < -0.39 is 11.9 Å². The van der Waals surface area contributed by atoms with Crippen LogP contribution in [0.4, 0.5) is 10.7 Å². The van der Waals surface area contributed by atoms with E-state index in [2.05, 4.69) is 10.6 Å². The number of hydrogen-bond acceptors (Lipinski definition) is 7. The predicted octanol–water partition coefficient (Wildman–Crippen LogP) is 4.42. The van der Waals surface area contributed by atoms with E-state index >= 15 is 0 Å². The highest BCUT2D eigenvalue weighted by molar-refractivity contribution is 7.19. The first-order chi connectivity index (χ1) is 13.9. The van der Waals surface area contributed by atoms with Crippen molar-refractivity contribution in [3.63, 3.8) is 0 Å². The first-order valence-corrected chi connectivity index (χ1v) is 10.2. The van der Waals surface area contributed by atoms with Crippen molar-refractivity contribution in [1.82, 2.24) is 0 Å². The second kappa shape index (κ2) is 8.89. The third kappa shape index (κ3) is 4.47.